The second-order valence-corrected chi connectivity index (χ2v) is 5.29. The Kier molecular flexibility index (Phi) is 4.38. The van der Waals surface area contributed by atoms with Crippen LogP contribution in [-0.2, 0) is 4.79 Å². The van der Waals surface area contributed by atoms with E-state index >= 15 is 0 Å². The SMILES string of the molecule is C#CCN1C(=O)S/C(=C/c2cc(Cl)ccc2OC)C1=O. The first kappa shape index (κ1) is 14.5. The molecule has 1 heterocycles. The van der Waals surface area contributed by atoms with Crippen LogP contribution in [0.4, 0.5) is 4.79 Å². The van der Waals surface area contributed by atoms with Gasteiger partial charge in [0.05, 0.1) is 18.6 Å². The van der Waals surface area contributed by atoms with Crippen LogP contribution in [0.5, 0.6) is 5.75 Å². The highest BCUT2D eigenvalue weighted by Gasteiger charge is 2.34. The van der Waals surface area contributed by atoms with Gasteiger partial charge in [0.2, 0.25) is 0 Å². The monoisotopic (exact) mass is 307 g/mol. The van der Waals surface area contributed by atoms with Gasteiger partial charge < -0.3 is 4.74 Å². The van der Waals surface area contributed by atoms with Crippen molar-refractivity contribution >= 4 is 40.6 Å². The van der Waals surface area contributed by atoms with E-state index in [0.717, 1.165) is 16.7 Å². The molecule has 1 aromatic carbocycles. The van der Waals surface area contributed by atoms with E-state index in [1.54, 1.807) is 24.3 Å². The van der Waals surface area contributed by atoms with Crippen molar-refractivity contribution in [1.29, 1.82) is 0 Å². The van der Waals surface area contributed by atoms with E-state index < -0.39 is 5.91 Å². The maximum atomic E-state index is 12.0. The van der Waals surface area contributed by atoms with Crippen LogP contribution in [0.2, 0.25) is 5.02 Å². The molecule has 0 aromatic heterocycles. The summed E-state index contributed by atoms with van der Waals surface area (Å²) in [4.78, 5) is 25.0. The summed E-state index contributed by atoms with van der Waals surface area (Å²) in [5.74, 6) is 2.45. The van der Waals surface area contributed by atoms with Gasteiger partial charge in [0.1, 0.15) is 5.75 Å². The van der Waals surface area contributed by atoms with Gasteiger partial charge in [0.15, 0.2) is 0 Å². The molecule has 0 atom stereocenters. The van der Waals surface area contributed by atoms with Crippen molar-refractivity contribution in [2.45, 2.75) is 0 Å². The number of carbonyl (C=O) groups is 2. The fourth-order valence-electron chi connectivity index (χ4n) is 1.69. The van der Waals surface area contributed by atoms with Crippen molar-refractivity contribution in [2.75, 3.05) is 13.7 Å². The first-order valence-electron chi connectivity index (χ1n) is 5.59. The molecule has 1 fully saturated rings. The lowest BCUT2D eigenvalue weighted by Gasteiger charge is -2.07. The lowest BCUT2D eigenvalue weighted by atomic mass is 10.2. The van der Waals surface area contributed by atoms with Crippen molar-refractivity contribution in [2.24, 2.45) is 0 Å². The molecule has 1 aromatic rings. The zero-order chi connectivity index (χ0) is 14.7. The number of thioether (sulfide) groups is 1. The van der Waals surface area contributed by atoms with Crippen LogP contribution >= 0.6 is 23.4 Å². The first-order valence-corrected chi connectivity index (χ1v) is 6.78. The molecule has 6 heteroatoms. The summed E-state index contributed by atoms with van der Waals surface area (Å²) in [5.41, 5.74) is 0.631. The summed E-state index contributed by atoms with van der Waals surface area (Å²) in [6, 6.07) is 5.04. The molecule has 2 rings (SSSR count). The third kappa shape index (κ3) is 2.82. The summed E-state index contributed by atoms with van der Waals surface area (Å²) < 4.78 is 5.19. The number of methoxy groups -OCH3 is 1. The number of hydrogen-bond donors (Lipinski definition) is 0. The molecule has 0 aliphatic carbocycles. The molecule has 102 valence electrons. The van der Waals surface area contributed by atoms with E-state index in [1.165, 1.54) is 7.11 Å². The van der Waals surface area contributed by atoms with E-state index in [9.17, 15) is 9.59 Å². The molecular weight excluding hydrogens is 298 g/mol. The molecule has 2 amide bonds. The fraction of sp³-hybridized carbons (Fsp3) is 0.143. The Morgan fingerprint density at radius 1 is 1.50 bits per heavy atom. The maximum absolute atomic E-state index is 12.0. The summed E-state index contributed by atoms with van der Waals surface area (Å²) in [7, 11) is 1.52. The highest BCUT2D eigenvalue weighted by molar-refractivity contribution is 8.18. The number of halogens is 1. The van der Waals surface area contributed by atoms with Gasteiger partial charge in [0.25, 0.3) is 11.1 Å². The molecule has 0 spiro atoms. The number of amides is 2. The molecular formula is C14H10ClNO3S. The van der Waals surface area contributed by atoms with Crippen LogP contribution in [0.25, 0.3) is 6.08 Å². The molecule has 0 radical (unpaired) electrons. The lowest BCUT2D eigenvalue weighted by molar-refractivity contribution is -0.122. The number of ether oxygens (including phenoxy) is 1. The Balaban J connectivity index is 2.38. The molecule has 1 aliphatic heterocycles. The third-order valence-corrected chi connectivity index (χ3v) is 3.74. The molecule has 0 unspecified atom stereocenters. The Morgan fingerprint density at radius 3 is 2.90 bits per heavy atom. The molecule has 20 heavy (non-hydrogen) atoms. The Bertz CT molecular complexity index is 648. The van der Waals surface area contributed by atoms with Gasteiger partial charge in [-0.2, -0.15) is 0 Å². The van der Waals surface area contributed by atoms with Crippen LogP contribution < -0.4 is 4.74 Å². The number of carbonyl (C=O) groups excluding carboxylic acids is 2. The zero-order valence-electron chi connectivity index (χ0n) is 10.6. The number of hydrogen-bond acceptors (Lipinski definition) is 4. The minimum absolute atomic E-state index is 0.0330. The van der Waals surface area contributed by atoms with E-state index in [2.05, 4.69) is 5.92 Å². The number of imide groups is 1. The van der Waals surface area contributed by atoms with Gasteiger partial charge in [-0.1, -0.05) is 17.5 Å². The predicted octanol–water partition coefficient (Wildman–Crippen LogP) is 3.02. The minimum Gasteiger partial charge on any atom is -0.496 e. The van der Waals surface area contributed by atoms with Gasteiger partial charge >= 0.3 is 0 Å². The summed E-state index contributed by atoms with van der Waals surface area (Å²) in [6.45, 7) is -0.0330. The number of benzene rings is 1. The fourth-order valence-corrected chi connectivity index (χ4v) is 2.70. The summed E-state index contributed by atoms with van der Waals surface area (Å²) in [6.07, 6.45) is 6.71. The van der Waals surface area contributed by atoms with Crippen LogP contribution in [0.3, 0.4) is 0 Å². The van der Waals surface area contributed by atoms with Crippen molar-refractivity contribution in [3.63, 3.8) is 0 Å². The van der Waals surface area contributed by atoms with Crippen molar-refractivity contribution < 1.29 is 14.3 Å². The Hall–Kier alpha value is -1.90. The highest BCUT2D eigenvalue weighted by Crippen LogP contribution is 2.34. The molecule has 1 saturated heterocycles. The molecule has 0 bridgehead atoms. The van der Waals surface area contributed by atoms with E-state index in [1.807, 2.05) is 0 Å². The van der Waals surface area contributed by atoms with Crippen LogP contribution in [-0.4, -0.2) is 29.7 Å². The summed E-state index contributed by atoms with van der Waals surface area (Å²) in [5, 5.41) is 0.139. The number of rotatable bonds is 3. The Morgan fingerprint density at radius 2 is 2.25 bits per heavy atom. The van der Waals surface area contributed by atoms with Crippen molar-refractivity contribution in [3.05, 3.63) is 33.7 Å². The van der Waals surface area contributed by atoms with Gasteiger partial charge in [-0.05, 0) is 36.0 Å². The van der Waals surface area contributed by atoms with Crippen LogP contribution in [0.1, 0.15) is 5.56 Å². The predicted molar refractivity (Wildman–Crippen MR) is 79.5 cm³/mol. The van der Waals surface area contributed by atoms with Crippen LogP contribution in [0, 0.1) is 12.3 Å². The largest absolute Gasteiger partial charge is 0.496 e. The van der Waals surface area contributed by atoms with E-state index in [0.29, 0.717) is 21.2 Å². The maximum Gasteiger partial charge on any atom is 0.294 e. The van der Waals surface area contributed by atoms with Gasteiger partial charge in [-0.15, -0.1) is 6.42 Å². The standard InChI is InChI=1S/C14H10ClNO3S/c1-3-6-16-13(17)12(20-14(16)18)8-9-7-10(15)4-5-11(9)19-2/h1,4-5,7-8H,6H2,2H3/b12-8+. The third-order valence-electron chi connectivity index (χ3n) is 2.60. The number of terminal acetylenes is 1. The second-order valence-electron chi connectivity index (χ2n) is 3.86. The second kappa shape index (κ2) is 6.04. The van der Waals surface area contributed by atoms with Gasteiger partial charge in [-0.25, -0.2) is 0 Å². The van der Waals surface area contributed by atoms with Gasteiger partial charge in [0, 0.05) is 10.6 Å². The quantitative estimate of drug-likeness (QED) is 0.636. The highest BCUT2D eigenvalue weighted by atomic mass is 35.5. The topological polar surface area (TPSA) is 46.6 Å². The smallest absolute Gasteiger partial charge is 0.294 e. The zero-order valence-corrected chi connectivity index (χ0v) is 12.1. The lowest BCUT2D eigenvalue weighted by Crippen LogP contribution is -2.28. The van der Waals surface area contributed by atoms with E-state index in [4.69, 9.17) is 22.8 Å². The molecule has 1 aliphatic rings. The molecule has 4 nitrogen and oxygen atoms in total. The minimum atomic E-state index is -0.403. The normalized spacial score (nSPS) is 16.6. The average molecular weight is 308 g/mol. The van der Waals surface area contributed by atoms with Crippen LogP contribution in [0.15, 0.2) is 23.1 Å². The van der Waals surface area contributed by atoms with E-state index in [-0.39, 0.29) is 11.8 Å². The molecule has 0 saturated carbocycles. The van der Waals surface area contributed by atoms with Crippen molar-refractivity contribution in [1.82, 2.24) is 4.90 Å². The van der Waals surface area contributed by atoms with Crippen molar-refractivity contribution in [3.8, 4) is 18.1 Å². The van der Waals surface area contributed by atoms with Gasteiger partial charge in [-0.3, -0.25) is 14.5 Å². The first-order chi connectivity index (χ1) is 9.56. The Labute approximate surface area is 125 Å². The summed E-state index contributed by atoms with van der Waals surface area (Å²) >= 11 is 6.77. The molecule has 0 N–H and O–H groups in total. The number of nitrogens with zero attached hydrogens (tertiary/aromatic N) is 1. The average Bonchev–Trinajstić information content (AvgIpc) is 2.67.